The Morgan fingerprint density at radius 1 is 1.09 bits per heavy atom. The van der Waals surface area contributed by atoms with Gasteiger partial charge in [-0.3, -0.25) is 4.79 Å². The van der Waals surface area contributed by atoms with Gasteiger partial charge in [-0.25, -0.2) is 14.1 Å². The number of hydrogen-bond donors (Lipinski definition) is 1. The number of aromatic nitrogens is 4. The SMILES string of the molecule is CCOC(=O)C1CCN(c2nc(-c3ccc(F)cc3)c3c(N)n(Cc4ccccc4)nc3n2)CC1. The molecule has 1 fully saturated rings. The van der Waals surface area contributed by atoms with Gasteiger partial charge < -0.3 is 15.4 Å². The maximum atomic E-state index is 13.6. The number of nitrogen functional groups attached to an aromatic ring is 1. The zero-order valence-electron chi connectivity index (χ0n) is 19.5. The molecule has 0 spiro atoms. The lowest BCUT2D eigenvalue weighted by molar-refractivity contribution is -0.148. The van der Waals surface area contributed by atoms with E-state index in [-0.39, 0.29) is 17.7 Å². The Labute approximate surface area is 202 Å². The first-order chi connectivity index (χ1) is 17.0. The first-order valence-corrected chi connectivity index (χ1v) is 11.8. The number of nitrogens with zero attached hydrogens (tertiary/aromatic N) is 5. The number of fused-ring (bicyclic) bond motifs is 1. The van der Waals surface area contributed by atoms with Crippen LogP contribution in [0, 0.1) is 11.7 Å². The second-order valence-corrected chi connectivity index (χ2v) is 8.62. The monoisotopic (exact) mass is 474 g/mol. The molecule has 1 saturated heterocycles. The Bertz CT molecular complexity index is 1330. The lowest BCUT2D eigenvalue weighted by Gasteiger charge is -2.31. The summed E-state index contributed by atoms with van der Waals surface area (Å²) in [5.41, 5.74) is 9.42. The molecular formula is C26H27FN6O2. The van der Waals surface area contributed by atoms with Crippen molar-refractivity contribution in [2.75, 3.05) is 30.3 Å². The average molecular weight is 475 g/mol. The van der Waals surface area contributed by atoms with E-state index in [0.29, 0.717) is 67.6 Å². The van der Waals surface area contributed by atoms with E-state index in [0.717, 1.165) is 11.1 Å². The Morgan fingerprint density at radius 3 is 2.49 bits per heavy atom. The van der Waals surface area contributed by atoms with E-state index in [1.165, 1.54) is 12.1 Å². The van der Waals surface area contributed by atoms with E-state index in [2.05, 4.69) is 4.90 Å². The number of benzene rings is 2. The molecule has 0 amide bonds. The van der Waals surface area contributed by atoms with Crippen LogP contribution < -0.4 is 10.6 Å². The third-order valence-corrected chi connectivity index (χ3v) is 6.32. The summed E-state index contributed by atoms with van der Waals surface area (Å²) in [6, 6.07) is 16.1. The number of anilines is 2. The number of piperidine rings is 1. The predicted molar refractivity (Wildman–Crippen MR) is 132 cm³/mol. The van der Waals surface area contributed by atoms with Crippen molar-refractivity contribution < 1.29 is 13.9 Å². The Morgan fingerprint density at radius 2 is 1.80 bits per heavy atom. The van der Waals surface area contributed by atoms with Crippen molar-refractivity contribution in [2.24, 2.45) is 5.92 Å². The minimum absolute atomic E-state index is 0.118. The quantitative estimate of drug-likeness (QED) is 0.421. The molecule has 2 aromatic carbocycles. The molecule has 0 aliphatic carbocycles. The maximum Gasteiger partial charge on any atom is 0.309 e. The fourth-order valence-corrected chi connectivity index (χ4v) is 4.45. The zero-order valence-corrected chi connectivity index (χ0v) is 19.5. The number of ether oxygens (including phenoxy) is 1. The minimum atomic E-state index is -0.326. The lowest BCUT2D eigenvalue weighted by atomic mass is 9.97. The van der Waals surface area contributed by atoms with Gasteiger partial charge in [-0.1, -0.05) is 30.3 Å². The van der Waals surface area contributed by atoms with Crippen LogP contribution in [-0.4, -0.2) is 45.4 Å². The molecule has 0 atom stereocenters. The molecule has 0 unspecified atom stereocenters. The van der Waals surface area contributed by atoms with Crippen LogP contribution in [0.2, 0.25) is 0 Å². The maximum absolute atomic E-state index is 13.6. The first-order valence-electron chi connectivity index (χ1n) is 11.8. The molecule has 0 saturated carbocycles. The highest BCUT2D eigenvalue weighted by atomic mass is 19.1. The largest absolute Gasteiger partial charge is 0.466 e. The predicted octanol–water partition coefficient (Wildman–Crippen LogP) is 4.04. The normalized spacial score (nSPS) is 14.4. The lowest BCUT2D eigenvalue weighted by Crippen LogP contribution is -2.38. The standard InChI is InChI=1S/C26H27FN6O2/c1-2-35-25(34)19-12-14-32(15-13-19)26-29-22(18-8-10-20(27)11-9-18)21-23(28)33(31-24(21)30-26)16-17-6-4-3-5-7-17/h3-11,19H,2,12-16,28H2,1H3. The highest BCUT2D eigenvalue weighted by Crippen LogP contribution is 2.33. The number of esters is 1. The Balaban J connectivity index is 1.53. The number of hydrogen-bond acceptors (Lipinski definition) is 7. The number of carbonyl (C=O) groups excluding carboxylic acids is 1. The van der Waals surface area contributed by atoms with E-state index >= 15 is 0 Å². The molecule has 2 N–H and O–H groups in total. The van der Waals surface area contributed by atoms with Crippen molar-refractivity contribution in [3.63, 3.8) is 0 Å². The summed E-state index contributed by atoms with van der Waals surface area (Å²) in [5.74, 6) is 0.377. The second-order valence-electron chi connectivity index (χ2n) is 8.62. The van der Waals surface area contributed by atoms with E-state index < -0.39 is 0 Å². The molecule has 35 heavy (non-hydrogen) atoms. The highest BCUT2D eigenvalue weighted by Gasteiger charge is 2.28. The van der Waals surface area contributed by atoms with Gasteiger partial charge in [-0.15, -0.1) is 5.10 Å². The summed E-state index contributed by atoms with van der Waals surface area (Å²) in [7, 11) is 0. The number of rotatable bonds is 6. The van der Waals surface area contributed by atoms with Crippen LogP contribution in [0.1, 0.15) is 25.3 Å². The molecular weight excluding hydrogens is 447 g/mol. The van der Waals surface area contributed by atoms with Gasteiger partial charge in [-0.05, 0) is 49.6 Å². The summed E-state index contributed by atoms with van der Waals surface area (Å²) < 4.78 is 20.6. The fraction of sp³-hybridized carbons (Fsp3) is 0.308. The van der Waals surface area contributed by atoms with Gasteiger partial charge in [-0.2, -0.15) is 4.98 Å². The van der Waals surface area contributed by atoms with Crippen LogP contribution in [-0.2, 0) is 16.1 Å². The Hall–Kier alpha value is -4.01. The van der Waals surface area contributed by atoms with Crippen LogP contribution >= 0.6 is 0 Å². The minimum Gasteiger partial charge on any atom is -0.466 e. The summed E-state index contributed by atoms with van der Waals surface area (Å²) in [6.07, 6.45) is 1.33. The van der Waals surface area contributed by atoms with Crippen LogP contribution in [0.15, 0.2) is 54.6 Å². The third-order valence-electron chi connectivity index (χ3n) is 6.32. The number of nitrogens with two attached hydrogens (primary N) is 1. The molecule has 2 aromatic heterocycles. The van der Waals surface area contributed by atoms with Crippen molar-refractivity contribution in [3.8, 4) is 11.3 Å². The van der Waals surface area contributed by atoms with Gasteiger partial charge in [0.2, 0.25) is 5.95 Å². The van der Waals surface area contributed by atoms with Crippen LogP contribution in [0.25, 0.3) is 22.3 Å². The number of halogens is 1. The molecule has 8 nitrogen and oxygen atoms in total. The summed E-state index contributed by atoms with van der Waals surface area (Å²) in [5, 5.41) is 5.34. The van der Waals surface area contributed by atoms with Crippen LogP contribution in [0.4, 0.5) is 16.2 Å². The van der Waals surface area contributed by atoms with Gasteiger partial charge in [0.1, 0.15) is 11.6 Å². The van der Waals surface area contributed by atoms with E-state index in [9.17, 15) is 9.18 Å². The van der Waals surface area contributed by atoms with Gasteiger partial charge >= 0.3 is 5.97 Å². The smallest absolute Gasteiger partial charge is 0.309 e. The first kappa shape index (κ1) is 22.8. The van der Waals surface area contributed by atoms with Gasteiger partial charge in [0.05, 0.1) is 30.1 Å². The summed E-state index contributed by atoms with van der Waals surface area (Å²) in [6.45, 7) is 3.94. The second kappa shape index (κ2) is 9.69. The molecule has 1 aliphatic rings. The fourth-order valence-electron chi connectivity index (χ4n) is 4.45. The molecule has 1 aliphatic heterocycles. The highest BCUT2D eigenvalue weighted by molar-refractivity contribution is 5.99. The van der Waals surface area contributed by atoms with E-state index in [1.807, 2.05) is 37.3 Å². The van der Waals surface area contributed by atoms with Crippen molar-refractivity contribution >= 4 is 28.8 Å². The summed E-state index contributed by atoms with van der Waals surface area (Å²) in [4.78, 5) is 23.8. The average Bonchev–Trinajstić information content (AvgIpc) is 3.19. The topological polar surface area (TPSA) is 99.2 Å². The van der Waals surface area contributed by atoms with Crippen molar-refractivity contribution in [2.45, 2.75) is 26.3 Å². The zero-order chi connectivity index (χ0) is 24.4. The molecule has 0 radical (unpaired) electrons. The third kappa shape index (κ3) is 4.66. The van der Waals surface area contributed by atoms with Crippen molar-refractivity contribution in [3.05, 3.63) is 66.0 Å². The molecule has 3 heterocycles. The summed E-state index contributed by atoms with van der Waals surface area (Å²) >= 11 is 0. The molecule has 4 aromatic rings. The van der Waals surface area contributed by atoms with Gasteiger partial charge in [0.15, 0.2) is 5.65 Å². The van der Waals surface area contributed by atoms with E-state index in [1.54, 1.807) is 16.8 Å². The van der Waals surface area contributed by atoms with Crippen molar-refractivity contribution in [1.29, 1.82) is 0 Å². The molecule has 9 heteroatoms. The van der Waals surface area contributed by atoms with Crippen molar-refractivity contribution in [1.82, 2.24) is 19.7 Å². The molecule has 0 bridgehead atoms. The van der Waals surface area contributed by atoms with Gasteiger partial charge in [0.25, 0.3) is 0 Å². The Kier molecular flexibility index (Phi) is 6.31. The van der Waals surface area contributed by atoms with Gasteiger partial charge in [0, 0.05) is 18.7 Å². The van der Waals surface area contributed by atoms with E-state index in [4.69, 9.17) is 25.5 Å². The molecule has 180 valence electrons. The van der Waals surface area contributed by atoms with Crippen LogP contribution in [0.3, 0.4) is 0 Å². The number of carbonyl (C=O) groups is 1. The molecule has 5 rings (SSSR count). The van der Waals surface area contributed by atoms with Crippen LogP contribution in [0.5, 0.6) is 0 Å².